The fraction of sp³-hybridized carbons (Fsp3) is 0.111. The number of fused-ring (bicyclic) bond motifs is 1. The van der Waals surface area contributed by atoms with Gasteiger partial charge in [0, 0.05) is 30.2 Å². The van der Waals surface area contributed by atoms with E-state index in [1.165, 1.54) is 4.57 Å². The summed E-state index contributed by atoms with van der Waals surface area (Å²) in [5, 5.41) is 14.6. The summed E-state index contributed by atoms with van der Waals surface area (Å²) >= 11 is 0. The van der Waals surface area contributed by atoms with Crippen molar-refractivity contribution in [1.29, 1.82) is 0 Å². The van der Waals surface area contributed by atoms with Gasteiger partial charge >= 0.3 is 0 Å². The van der Waals surface area contributed by atoms with Gasteiger partial charge in [0.05, 0.1) is 11.6 Å². The van der Waals surface area contributed by atoms with E-state index in [1.54, 1.807) is 43.4 Å². The zero-order valence-electron chi connectivity index (χ0n) is 18.2. The minimum atomic E-state index is -0.519. The Morgan fingerprint density at radius 2 is 1.70 bits per heavy atom. The number of aryl methyl sites for hydroxylation is 1. The number of carbonyl (C=O) groups excluding carboxylic acids is 1. The summed E-state index contributed by atoms with van der Waals surface area (Å²) in [4.78, 5) is 26.2. The molecule has 1 heterocycles. The van der Waals surface area contributed by atoms with E-state index in [4.69, 9.17) is 5.73 Å². The van der Waals surface area contributed by atoms with Gasteiger partial charge in [0.15, 0.2) is 5.78 Å². The van der Waals surface area contributed by atoms with Crippen LogP contribution >= 0.6 is 0 Å². The number of nitrogens with one attached hydrogen (secondary N) is 1. The molecule has 0 spiro atoms. The second-order valence-corrected chi connectivity index (χ2v) is 7.87. The Balaban J connectivity index is 1.68. The third-order valence-corrected chi connectivity index (χ3v) is 5.54. The van der Waals surface area contributed by atoms with Crippen LogP contribution in [0, 0.1) is 0 Å². The topological polar surface area (TPSA) is 97.4 Å². The zero-order valence-corrected chi connectivity index (χ0v) is 18.2. The van der Waals surface area contributed by atoms with Crippen LogP contribution in [-0.2, 0) is 7.05 Å². The Hall–Kier alpha value is -4.32. The molecule has 4 N–H and O–H groups in total. The van der Waals surface area contributed by atoms with Crippen LogP contribution in [0.2, 0.25) is 0 Å². The number of nitrogens with zero attached hydrogens (tertiary/aromatic N) is 1. The van der Waals surface area contributed by atoms with Crippen molar-refractivity contribution < 1.29 is 9.90 Å². The van der Waals surface area contributed by atoms with Crippen LogP contribution in [0.5, 0.6) is 5.75 Å². The predicted molar refractivity (Wildman–Crippen MR) is 134 cm³/mol. The maximum atomic E-state index is 13.3. The summed E-state index contributed by atoms with van der Waals surface area (Å²) in [5.74, 6) is -0.721. The number of aromatic hydroxyl groups is 1. The fourth-order valence-electron chi connectivity index (χ4n) is 3.78. The molecular weight excluding hydrogens is 414 g/mol. The van der Waals surface area contributed by atoms with E-state index in [0.717, 1.165) is 11.3 Å². The van der Waals surface area contributed by atoms with Crippen molar-refractivity contribution in [2.75, 3.05) is 11.1 Å². The Kier molecular flexibility index (Phi) is 6.26. The fourth-order valence-corrected chi connectivity index (χ4v) is 3.78. The highest BCUT2D eigenvalue weighted by molar-refractivity contribution is 6.04. The van der Waals surface area contributed by atoms with Gasteiger partial charge in [-0.15, -0.1) is 0 Å². The van der Waals surface area contributed by atoms with Gasteiger partial charge in [-0.3, -0.25) is 9.59 Å². The lowest BCUT2D eigenvalue weighted by Crippen LogP contribution is -2.28. The number of nitrogens with two attached hydrogens (primary N) is 1. The van der Waals surface area contributed by atoms with Gasteiger partial charge in [-0.2, -0.15) is 0 Å². The van der Waals surface area contributed by atoms with E-state index in [-0.39, 0.29) is 17.7 Å². The minimum Gasteiger partial charge on any atom is -0.506 e. The molecule has 0 radical (unpaired) electrons. The lowest BCUT2D eigenvalue weighted by atomic mass is 10.0. The summed E-state index contributed by atoms with van der Waals surface area (Å²) in [6.45, 7) is 0. The summed E-state index contributed by atoms with van der Waals surface area (Å²) < 4.78 is 1.39. The molecule has 4 rings (SSSR count). The molecule has 0 saturated carbocycles. The first kappa shape index (κ1) is 21.9. The quantitative estimate of drug-likeness (QED) is 0.289. The number of hydrogen-bond donors (Lipinski definition) is 3. The molecule has 6 heteroatoms. The van der Waals surface area contributed by atoms with Crippen LogP contribution in [0.1, 0.15) is 22.3 Å². The van der Waals surface area contributed by atoms with E-state index in [0.29, 0.717) is 16.6 Å². The molecule has 4 aromatic rings. The molecule has 0 fully saturated rings. The molecule has 0 aliphatic rings. The van der Waals surface area contributed by atoms with Crippen molar-refractivity contribution in [1.82, 2.24) is 4.57 Å². The molecule has 0 amide bonds. The molecule has 33 heavy (non-hydrogen) atoms. The number of rotatable bonds is 7. The molecule has 1 aromatic heterocycles. The lowest BCUT2D eigenvalue weighted by molar-refractivity contribution is 0.0976. The highest BCUT2D eigenvalue weighted by Gasteiger charge is 2.23. The van der Waals surface area contributed by atoms with E-state index in [1.807, 2.05) is 54.6 Å². The smallest absolute Gasteiger partial charge is 0.265 e. The molecule has 1 atom stereocenters. The Bertz CT molecular complexity index is 1370. The number of nitrogen functional groups attached to an aromatic ring is 1. The molecule has 0 saturated heterocycles. The number of ketones is 1. The second-order valence-electron chi connectivity index (χ2n) is 7.87. The second kappa shape index (κ2) is 9.44. The van der Waals surface area contributed by atoms with Gasteiger partial charge in [-0.25, -0.2) is 0 Å². The van der Waals surface area contributed by atoms with Crippen molar-refractivity contribution in [2.24, 2.45) is 7.05 Å². The minimum absolute atomic E-state index is 0.0190. The molecule has 166 valence electrons. The summed E-state index contributed by atoms with van der Waals surface area (Å²) in [6, 6.07) is 23.5. The van der Waals surface area contributed by atoms with Crippen molar-refractivity contribution in [3.63, 3.8) is 0 Å². The van der Waals surface area contributed by atoms with Gasteiger partial charge in [0.2, 0.25) is 0 Å². The van der Waals surface area contributed by atoms with Gasteiger partial charge < -0.3 is 20.7 Å². The van der Waals surface area contributed by atoms with Crippen LogP contribution in [0.15, 0.2) is 89.7 Å². The zero-order chi connectivity index (χ0) is 23.4. The van der Waals surface area contributed by atoms with Crippen LogP contribution < -0.4 is 16.6 Å². The normalized spacial score (nSPS) is 12.2. The third kappa shape index (κ3) is 4.80. The standard InChI is InChI=1S/C27H25N3O3/c1-30-23-10-6-5-9-22(23)26(32)25(27(30)33)24(31)17-21(14-11-18-7-3-2-4-8-18)29-20-15-12-19(28)13-16-20/h2-16,21,29,32H,17,28H2,1H3/b14-11+/t21-/m0/s1. The summed E-state index contributed by atoms with van der Waals surface area (Å²) in [6.07, 6.45) is 3.78. The van der Waals surface area contributed by atoms with Gasteiger partial charge in [-0.1, -0.05) is 54.6 Å². The van der Waals surface area contributed by atoms with E-state index >= 15 is 0 Å². The van der Waals surface area contributed by atoms with Crippen molar-refractivity contribution in [3.8, 4) is 5.75 Å². The maximum absolute atomic E-state index is 13.3. The number of Topliss-reactive ketones (excluding diaryl/α,β-unsaturated/α-hetero) is 1. The molecule has 6 nitrogen and oxygen atoms in total. The van der Waals surface area contributed by atoms with Crippen LogP contribution in [0.25, 0.3) is 17.0 Å². The third-order valence-electron chi connectivity index (χ3n) is 5.54. The number of pyridine rings is 1. The molecular formula is C27H25N3O3. The number of aromatic nitrogens is 1. The van der Waals surface area contributed by atoms with Crippen molar-refractivity contribution >= 4 is 34.1 Å². The van der Waals surface area contributed by atoms with Crippen LogP contribution in [-0.4, -0.2) is 21.5 Å². The molecule has 0 aliphatic carbocycles. The predicted octanol–water partition coefficient (Wildman–Crippen LogP) is 4.59. The van der Waals surface area contributed by atoms with E-state index < -0.39 is 17.4 Å². The SMILES string of the molecule is Cn1c(=O)c(C(=O)C[C@H](/C=C/c2ccccc2)Nc2ccc(N)cc2)c(O)c2ccccc21. The average molecular weight is 440 g/mol. The number of para-hydroxylation sites is 1. The maximum Gasteiger partial charge on any atom is 0.265 e. The van der Waals surface area contributed by atoms with Crippen molar-refractivity contribution in [2.45, 2.75) is 12.5 Å². The molecule has 0 aliphatic heterocycles. The van der Waals surface area contributed by atoms with E-state index in [9.17, 15) is 14.7 Å². The molecule has 0 unspecified atom stereocenters. The lowest BCUT2D eigenvalue weighted by Gasteiger charge is -2.17. The molecule has 3 aromatic carbocycles. The van der Waals surface area contributed by atoms with Crippen molar-refractivity contribution in [3.05, 3.63) is 106 Å². The van der Waals surface area contributed by atoms with Gasteiger partial charge in [0.1, 0.15) is 11.3 Å². The first-order chi connectivity index (χ1) is 15.9. The van der Waals surface area contributed by atoms with Crippen LogP contribution in [0.4, 0.5) is 11.4 Å². The Morgan fingerprint density at radius 1 is 1.03 bits per heavy atom. The Labute approximate surface area is 191 Å². The summed E-state index contributed by atoms with van der Waals surface area (Å²) in [5.41, 5.74) is 8.04. The summed E-state index contributed by atoms with van der Waals surface area (Å²) in [7, 11) is 1.60. The number of anilines is 2. The number of benzene rings is 3. The van der Waals surface area contributed by atoms with Gasteiger partial charge in [-0.05, 0) is 42.0 Å². The van der Waals surface area contributed by atoms with Crippen LogP contribution in [0.3, 0.4) is 0 Å². The first-order valence-corrected chi connectivity index (χ1v) is 10.6. The van der Waals surface area contributed by atoms with E-state index in [2.05, 4.69) is 5.32 Å². The first-order valence-electron chi connectivity index (χ1n) is 10.6. The molecule has 0 bridgehead atoms. The van der Waals surface area contributed by atoms with Gasteiger partial charge in [0.25, 0.3) is 5.56 Å². The highest BCUT2D eigenvalue weighted by atomic mass is 16.3. The monoisotopic (exact) mass is 439 g/mol. The highest BCUT2D eigenvalue weighted by Crippen LogP contribution is 2.27. The Morgan fingerprint density at radius 3 is 2.42 bits per heavy atom. The number of hydrogen-bond acceptors (Lipinski definition) is 5. The number of carbonyl (C=O) groups is 1. The largest absolute Gasteiger partial charge is 0.506 e. The average Bonchev–Trinajstić information content (AvgIpc) is 2.83.